The number of benzene rings is 1. The molecule has 1 N–H and O–H groups in total. The highest BCUT2D eigenvalue weighted by atomic mass is 32.1. The van der Waals surface area contributed by atoms with Gasteiger partial charge >= 0.3 is 5.97 Å². The molecule has 0 saturated heterocycles. The van der Waals surface area contributed by atoms with Gasteiger partial charge in [0.2, 0.25) is 0 Å². The van der Waals surface area contributed by atoms with Gasteiger partial charge in [-0.05, 0) is 19.1 Å². The standard InChI is InChI=1S/C30H30FNO9S2/c1-14(16(3)33)8-19(34)25-10-17-23(42-25)12-21(38-4)28(27(17)31)40-6-7-41-29-22(39-5)13-24-18(32-29)11-26(43-24)20(35)9-15(2)30(36)37/h10-15H,6-9H2,1-5H3,(H,36,37)/t14-,15-/m0/s1. The summed E-state index contributed by atoms with van der Waals surface area (Å²) >= 11 is 2.30. The molecule has 0 unspecified atom stereocenters. The van der Waals surface area contributed by atoms with Crippen molar-refractivity contribution < 1.29 is 47.6 Å². The molecule has 0 bridgehead atoms. The molecule has 228 valence electrons. The Hall–Kier alpha value is -4.10. The van der Waals surface area contributed by atoms with Gasteiger partial charge in [0.15, 0.2) is 34.6 Å². The maximum atomic E-state index is 15.5. The first-order chi connectivity index (χ1) is 20.4. The van der Waals surface area contributed by atoms with Crippen LogP contribution in [0.25, 0.3) is 20.3 Å². The lowest BCUT2D eigenvalue weighted by molar-refractivity contribution is -0.141. The van der Waals surface area contributed by atoms with E-state index in [1.165, 1.54) is 45.5 Å². The van der Waals surface area contributed by atoms with E-state index in [0.717, 1.165) is 11.3 Å². The topological polar surface area (TPSA) is 138 Å². The summed E-state index contributed by atoms with van der Waals surface area (Å²) in [7, 11) is 2.82. The number of carboxylic acids is 1. The number of pyridine rings is 1. The molecule has 4 rings (SSSR count). The fourth-order valence-electron chi connectivity index (χ4n) is 4.11. The number of aromatic nitrogens is 1. The summed E-state index contributed by atoms with van der Waals surface area (Å²) in [5, 5.41) is 9.30. The second kappa shape index (κ2) is 13.5. The minimum atomic E-state index is -1.05. The average molecular weight is 632 g/mol. The van der Waals surface area contributed by atoms with Crippen molar-refractivity contribution in [3.8, 4) is 23.1 Å². The fourth-order valence-corrected chi connectivity index (χ4v) is 6.13. The van der Waals surface area contributed by atoms with Crippen LogP contribution in [0.1, 0.15) is 53.0 Å². The van der Waals surface area contributed by atoms with Crippen LogP contribution in [-0.4, -0.2) is 60.8 Å². The molecule has 13 heteroatoms. The van der Waals surface area contributed by atoms with Gasteiger partial charge in [-0.1, -0.05) is 13.8 Å². The highest BCUT2D eigenvalue weighted by Gasteiger charge is 2.23. The Morgan fingerprint density at radius 2 is 1.44 bits per heavy atom. The zero-order chi connectivity index (χ0) is 31.4. The number of Topliss-reactive ketones (excluding diaryl/α,β-unsaturated/α-hetero) is 3. The number of rotatable bonds is 15. The molecule has 3 heterocycles. The number of methoxy groups -OCH3 is 2. The molecule has 0 aliphatic carbocycles. The van der Waals surface area contributed by atoms with Gasteiger partial charge in [-0.15, -0.1) is 22.7 Å². The van der Waals surface area contributed by atoms with Crippen LogP contribution in [0.4, 0.5) is 4.39 Å². The highest BCUT2D eigenvalue weighted by Crippen LogP contribution is 2.40. The number of aliphatic carboxylic acids is 1. The second-order valence-electron chi connectivity index (χ2n) is 9.94. The molecule has 43 heavy (non-hydrogen) atoms. The average Bonchev–Trinajstić information content (AvgIpc) is 3.59. The lowest BCUT2D eigenvalue weighted by Gasteiger charge is -2.13. The molecule has 0 radical (unpaired) electrons. The third-order valence-electron chi connectivity index (χ3n) is 6.77. The first-order valence-corrected chi connectivity index (χ1v) is 14.9. The third-order valence-corrected chi connectivity index (χ3v) is 9.01. The van der Waals surface area contributed by atoms with E-state index >= 15 is 4.39 Å². The SMILES string of the molecule is COc1cc2sc(C(=O)C[C@H](C)C(=O)O)cc2nc1OCCOc1c(OC)cc2sc(C(=O)C[C@H](C)C(C)=O)cc2c1F. The number of hydrogen-bond donors (Lipinski definition) is 1. The van der Waals surface area contributed by atoms with Crippen LogP contribution in [0.15, 0.2) is 24.3 Å². The summed E-state index contributed by atoms with van der Waals surface area (Å²) in [6, 6.07) is 6.30. The van der Waals surface area contributed by atoms with E-state index in [-0.39, 0.29) is 66.2 Å². The number of carboxylic acid groups (broad SMARTS) is 1. The number of fused-ring (bicyclic) bond motifs is 2. The van der Waals surface area contributed by atoms with Crippen molar-refractivity contribution >= 4 is 66.3 Å². The molecule has 0 aliphatic heterocycles. The molecular formula is C30H30FNO9S2. The minimum Gasteiger partial charge on any atom is -0.493 e. The van der Waals surface area contributed by atoms with E-state index in [1.807, 2.05) is 0 Å². The molecule has 0 fully saturated rings. The summed E-state index contributed by atoms with van der Waals surface area (Å²) < 4.78 is 38.9. The lowest BCUT2D eigenvalue weighted by Crippen LogP contribution is -2.14. The normalized spacial score (nSPS) is 12.6. The van der Waals surface area contributed by atoms with Crippen LogP contribution in [-0.2, 0) is 9.59 Å². The van der Waals surface area contributed by atoms with Crippen molar-refractivity contribution in [2.24, 2.45) is 11.8 Å². The minimum absolute atomic E-state index is 0.0395. The molecular weight excluding hydrogens is 601 g/mol. The van der Waals surface area contributed by atoms with Crippen molar-refractivity contribution in [3.05, 3.63) is 39.8 Å². The van der Waals surface area contributed by atoms with E-state index in [0.29, 0.717) is 30.4 Å². The van der Waals surface area contributed by atoms with Crippen LogP contribution in [0.3, 0.4) is 0 Å². The summed E-state index contributed by atoms with van der Waals surface area (Å²) in [6.07, 6.45) is -0.0916. The first-order valence-electron chi connectivity index (χ1n) is 13.3. The molecule has 0 spiro atoms. The third kappa shape index (κ3) is 7.11. The smallest absolute Gasteiger partial charge is 0.306 e. The maximum Gasteiger partial charge on any atom is 0.306 e. The van der Waals surface area contributed by atoms with Crippen molar-refractivity contribution in [2.45, 2.75) is 33.6 Å². The number of thiophene rings is 2. The molecule has 0 saturated carbocycles. The number of hydrogen-bond acceptors (Lipinski definition) is 11. The van der Waals surface area contributed by atoms with Gasteiger partial charge in [-0.25, -0.2) is 9.37 Å². The summed E-state index contributed by atoms with van der Waals surface area (Å²) in [6.45, 7) is 4.45. The monoisotopic (exact) mass is 631 g/mol. The highest BCUT2D eigenvalue weighted by molar-refractivity contribution is 7.21. The van der Waals surface area contributed by atoms with Crippen LogP contribution in [0.2, 0.25) is 0 Å². The predicted octanol–water partition coefficient (Wildman–Crippen LogP) is 6.22. The number of nitrogens with zero attached hydrogens (tertiary/aromatic N) is 1. The quantitative estimate of drug-likeness (QED) is 0.119. The Kier molecular flexibility index (Phi) is 9.97. The van der Waals surface area contributed by atoms with Gasteiger partial charge in [-0.2, -0.15) is 0 Å². The van der Waals surface area contributed by atoms with Gasteiger partial charge in [0, 0.05) is 41.0 Å². The Morgan fingerprint density at radius 3 is 2.07 bits per heavy atom. The van der Waals surface area contributed by atoms with Crippen LogP contribution in [0.5, 0.6) is 23.1 Å². The molecule has 3 aromatic heterocycles. The summed E-state index contributed by atoms with van der Waals surface area (Å²) in [5.41, 5.74) is 0.478. The van der Waals surface area contributed by atoms with Crippen molar-refractivity contribution in [3.63, 3.8) is 0 Å². The van der Waals surface area contributed by atoms with Gasteiger partial charge < -0.3 is 24.1 Å². The van der Waals surface area contributed by atoms with Gasteiger partial charge in [0.1, 0.15) is 19.0 Å². The number of ether oxygens (including phenoxy) is 4. The molecule has 2 atom stereocenters. The zero-order valence-corrected chi connectivity index (χ0v) is 25.8. The Morgan fingerprint density at radius 1 is 0.860 bits per heavy atom. The van der Waals surface area contributed by atoms with E-state index < -0.39 is 23.6 Å². The largest absolute Gasteiger partial charge is 0.493 e. The zero-order valence-electron chi connectivity index (χ0n) is 24.1. The Labute approximate surface area is 254 Å². The molecule has 1 aromatic carbocycles. The molecule has 10 nitrogen and oxygen atoms in total. The first kappa shape index (κ1) is 31.8. The molecule has 4 aromatic rings. The van der Waals surface area contributed by atoms with E-state index in [1.54, 1.807) is 25.1 Å². The van der Waals surface area contributed by atoms with Crippen molar-refractivity contribution in [1.82, 2.24) is 4.98 Å². The van der Waals surface area contributed by atoms with Crippen molar-refractivity contribution in [1.29, 1.82) is 0 Å². The van der Waals surface area contributed by atoms with Gasteiger partial charge in [0.05, 0.1) is 40.1 Å². The van der Waals surface area contributed by atoms with Gasteiger partial charge in [-0.3, -0.25) is 19.2 Å². The lowest BCUT2D eigenvalue weighted by atomic mass is 10.00. The number of halogens is 1. The summed E-state index contributed by atoms with van der Waals surface area (Å²) in [5.74, 6) is -3.15. The summed E-state index contributed by atoms with van der Waals surface area (Å²) in [4.78, 5) is 53.0. The number of carbonyl (C=O) groups is 4. The van der Waals surface area contributed by atoms with Crippen LogP contribution < -0.4 is 18.9 Å². The van der Waals surface area contributed by atoms with Crippen LogP contribution in [0, 0.1) is 17.7 Å². The number of carbonyl (C=O) groups excluding carboxylic acids is 3. The second-order valence-corrected chi connectivity index (χ2v) is 12.1. The molecule has 0 aliphatic rings. The Balaban J connectivity index is 1.47. The van der Waals surface area contributed by atoms with Crippen LogP contribution >= 0.6 is 22.7 Å². The maximum absolute atomic E-state index is 15.5. The van der Waals surface area contributed by atoms with E-state index in [4.69, 9.17) is 24.1 Å². The fraction of sp³-hybridized carbons (Fsp3) is 0.367. The van der Waals surface area contributed by atoms with Gasteiger partial charge in [0.25, 0.3) is 5.88 Å². The predicted molar refractivity (Wildman–Crippen MR) is 160 cm³/mol. The Bertz CT molecular complexity index is 1710. The number of ketones is 3. The van der Waals surface area contributed by atoms with E-state index in [2.05, 4.69) is 4.98 Å². The van der Waals surface area contributed by atoms with Crippen molar-refractivity contribution in [2.75, 3.05) is 27.4 Å². The molecule has 0 amide bonds. The van der Waals surface area contributed by atoms with E-state index in [9.17, 15) is 19.2 Å².